The van der Waals surface area contributed by atoms with Crippen molar-refractivity contribution in [3.05, 3.63) is 84.3 Å². The number of aromatic nitrogens is 2. The molecule has 1 aromatic carbocycles. The molecule has 0 radical (unpaired) electrons. The fourth-order valence-corrected chi connectivity index (χ4v) is 2.77. The zero-order chi connectivity index (χ0) is 15.6. The predicted octanol–water partition coefficient (Wildman–Crippen LogP) is 3.25. The second-order valence-electron chi connectivity index (χ2n) is 5.24. The first-order valence-electron chi connectivity index (χ1n) is 7.35. The van der Waals surface area contributed by atoms with Crippen LogP contribution in [0.2, 0.25) is 0 Å². The van der Waals surface area contributed by atoms with Gasteiger partial charge in [-0.25, -0.2) is 4.98 Å². The van der Waals surface area contributed by atoms with E-state index in [1.165, 1.54) is 0 Å². The van der Waals surface area contributed by atoms with E-state index in [4.69, 9.17) is 0 Å². The molecule has 112 valence electrons. The summed E-state index contributed by atoms with van der Waals surface area (Å²) in [7, 11) is 0. The van der Waals surface area contributed by atoms with Crippen LogP contribution in [0.5, 0.6) is 0 Å². The van der Waals surface area contributed by atoms with Crippen LogP contribution in [0, 0.1) is 0 Å². The number of carbonyl (C=O) groups excluding carboxylic acids is 1. The van der Waals surface area contributed by atoms with Gasteiger partial charge in [0.1, 0.15) is 12.0 Å². The minimum Gasteiger partial charge on any atom is -0.360 e. The molecule has 2 aromatic heterocycles. The van der Waals surface area contributed by atoms with Crippen LogP contribution in [0.25, 0.3) is 0 Å². The Kier molecular flexibility index (Phi) is 3.24. The molecule has 1 N–H and O–H groups in total. The zero-order valence-electron chi connectivity index (χ0n) is 12.3. The molecule has 3 heterocycles. The van der Waals surface area contributed by atoms with Crippen molar-refractivity contribution in [1.82, 2.24) is 9.97 Å². The highest BCUT2D eigenvalue weighted by Gasteiger charge is 2.34. The van der Waals surface area contributed by atoms with E-state index in [0.717, 1.165) is 11.3 Å². The number of nitrogens with one attached hydrogen (secondary N) is 1. The Labute approximate surface area is 133 Å². The molecule has 0 saturated heterocycles. The van der Waals surface area contributed by atoms with E-state index in [0.29, 0.717) is 11.4 Å². The second-order valence-corrected chi connectivity index (χ2v) is 5.24. The third-order valence-electron chi connectivity index (χ3n) is 3.84. The minimum atomic E-state index is -0.324. The predicted molar refractivity (Wildman–Crippen MR) is 88.1 cm³/mol. The summed E-state index contributed by atoms with van der Waals surface area (Å²) < 4.78 is 0. The minimum absolute atomic E-state index is 0.0696. The maximum Gasteiger partial charge on any atom is 0.263 e. The number of benzene rings is 1. The number of para-hydroxylation sites is 1. The molecule has 0 unspecified atom stereocenters. The first-order valence-corrected chi connectivity index (χ1v) is 7.35. The summed E-state index contributed by atoms with van der Waals surface area (Å²) in [4.78, 5) is 23.1. The molecule has 1 atom stereocenters. The summed E-state index contributed by atoms with van der Waals surface area (Å²) in [6.45, 7) is 0. The highest BCUT2D eigenvalue weighted by atomic mass is 16.2. The largest absolute Gasteiger partial charge is 0.360 e. The maximum absolute atomic E-state index is 13.0. The van der Waals surface area contributed by atoms with Crippen LogP contribution in [0.3, 0.4) is 0 Å². The number of carbonyl (C=O) groups is 1. The highest BCUT2D eigenvalue weighted by molar-refractivity contribution is 6.11. The van der Waals surface area contributed by atoms with E-state index >= 15 is 0 Å². The average Bonchev–Trinajstić information content (AvgIpc) is 2.63. The van der Waals surface area contributed by atoms with Crippen LogP contribution in [0.4, 0.5) is 11.5 Å². The van der Waals surface area contributed by atoms with Gasteiger partial charge in [-0.1, -0.05) is 18.2 Å². The van der Waals surface area contributed by atoms with E-state index in [1.807, 2.05) is 54.6 Å². The smallest absolute Gasteiger partial charge is 0.263 e. The summed E-state index contributed by atoms with van der Waals surface area (Å²) in [6.07, 6.45) is 4.81. The summed E-state index contributed by atoms with van der Waals surface area (Å²) in [6, 6.07) is 16.9. The van der Waals surface area contributed by atoms with Crippen LogP contribution in [-0.2, 0) is 0 Å². The molecule has 5 nitrogen and oxygen atoms in total. The number of fused-ring (bicyclic) bond motifs is 1. The van der Waals surface area contributed by atoms with Gasteiger partial charge in [-0.3, -0.25) is 14.7 Å². The van der Waals surface area contributed by atoms with Crippen LogP contribution in [-0.4, -0.2) is 15.9 Å². The number of rotatable bonds is 2. The Morgan fingerprint density at radius 2 is 1.70 bits per heavy atom. The molecule has 0 aliphatic carbocycles. The quantitative estimate of drug-likeness (QED) is 0.789. The van der Waals surface area contributed by atoms with Crippen molar-refractivity contribution in [3.63, 3.8) is 0 Å². The van der Waals surface area contributed by atoms with Crippen LogP contribution in [0.15, 0.2) is 73.2 Å². The van der Waals surface area contributed by atoms with Gasteiger partial charge in [0, 0.05) is 24.3 Å². The molecule has 0 spiro atoms. The van der Waals surface area contributed by atoms with Crippen LogP contribution >= 0.6 is 0 Å². The highest BCUT2D eigenvalue weighted by Crippen LogP contribution is 2.35. The SMILES string of the molecule is O=C1c2ccccc2N[C@@H](c2ccncc2)N1c1ccccn1. The number of amides is 1. The third-order valence-corrected chi connectivity index (χ3v) is 3.84. The molecule has 0 bridgehead atoms. The molecule has 23 heavy (non-hydrogen) atoms. The first kappa shape index (κ1) is 13.5. The van der Waals surface area contributed by atoms with Gasteiger partial charge in [-0.15, -0.1) is 0 Å². The second kappa shape index (κ2) is 5.53. The van der Waals surface area contributed by atoms with E-state index in [2.05, 4.69) is 15.3 Å². The van der Waals surface area contributed by atoms with Crippen molar-refractivity contribution in [2.24, 2.45) is 0 Å². The molecule has 1 aliphatic heterocycles. The zero-order valence-corrected chi connectivity index (χ0v) is 12.3. The Morgan fingerprint density at radius 1 is 0.913 bits per heavy atom. The normalized spacial score (nSPS) is 16.6. The lowest BCUT2D eigenvalue weighted by Gasteiger charge is -2.37. The molecule has 3 aromatic rings. The number of pyridine rings is 2. The summed E-state index contributed by atoms with van der Waals surface area (Å²) in [5, 5.41) is 3.43. The van der Waals surface area contributed by atoms with E-state index in [9.17, 15) is 4.79 Å². The van der Waals surface area contributed by atoms with Crippen molar-refractivity contribution >= 4 is 17.4 Å². The third kappa shape index (κ3) is 2.32. The van der Waals surface area contributed by atoms with E-state index < -0.39 is 0 Å². The number of nitrogens with zero attached hydrogens (tertiary/aromatic N) is 3. The number of hydrogen-bond acceptors (Lipinski definition) is 4. The first-order chi connectivity index (χ1) is 11.3. The van der Waals surface area contributed by atoms with Gasteiger partial charge in [-0.05, 0) is 42.0 Å². The van der Waals surface area contributed by atoms with Gasteiger partial charge >= 0.3 is 0 Å². The van der Waals surface area contributed by atoms with Crippen molar-refractivity contribution in [3.8, 4) is 0 Å². The Hall–Kier alpha value is -3.21. The monoisotopic (exact) mass is 302 g/mol. The van der Waals surface area contributed by atoms with Crippen molar-refractivity contribution in [2.75, 3.05) is 10.2 Å². The Morgan fingerprint density at radius 3 is 2.48 bits per heavy atom. The molecule has 4 rings (SSSR count). The van der Waals surface area contributed by atoms with Gasteiger partial charge in [0.25, 0.3) is 5.91 Å². The Bertz CT molecular complexity index is 836. The Balaban J connectivity index is 1.87. The van der Waals surface area contributed by atoms with Crippen LogP contribution in [0.1, 0.15) is 22.1 Å². The fraction of sp³-hybridized carbons (Fsp3) is 0.0556. The van der Waals surface area contributed by atoms with Gasteiger partial charge in [-0.2, -0.15) is 0 Å². The lowest BCUT2D eigenvalue weighted by molar-refractivity contribution is 0.0974. The van der Waals surface area contributed by atoms with Gasteiger partial charge < -0.3 is 5.32 Å². The average molecular weight is 302 g/mol. The molecule has 1 aliphatic rings. The molecular weight excluding hydrogens is 288 g/mol. The van der Waals surface area contributed by atoms with Gasteiger partial charge in [0.15, 0.2) is 0 Å². The van der Waals surface area contributed by atoms with Gasteiger partial charge in [0.2, 0.25) is 0 Å². The van der Waals surface area contributed by atoms with E-state index in [1.54, 1.807) is 23.5 Å². The molecule has 1 amide bonds. The molecule has 0 fully saturated rings. The molecule has 0 saturated carbocycles. The van der Waals surface area contributed by atoms with Crippen molar-refractivity contribution in [1.29, 1.82) is 0 Å². The standard InChI is InChI=1S/C18H14N4O/c23-18-14-5-1-2-6-15(14)21-17(13-8-11-19-12-9-13)22(18)16-7-3-4-10-20-16/h1-12,17,21H/t17-/m1/s1. The van der Waals surface area contributed by atoms with Crippen LogP contribution < -0.4 is 10.2 Å². The van der Waals surface area contributed by atoms with E-state index in [-0.39, 0.29) is 12.1 Å². The summed E-state index contributed by atoms with van der Waals surface area (Å²) in [5.41, 5.74) is 2.42. The maximum atomic E-state index is 13.0. The van der Waals surface area contributed by atoms with Gasteiger partial charge in [0.05, 0.1) is 5.56 Å². The summed E-state index contributed by atoms with van der Waals surface area (Å²) in [5.74, 6) is 0.543. The molecular formula is C18H14N4O. The lowest BCUT2D eigenvalue weighted by atomic mass is 10.0. The number of hydrogen-bond donors (Lipinski definition) is 1. The topological polar surface area (TPSA) is 58.1 Å². The lowest BCUT2D eigenvalue weighted by Crippen LogP contribution is -2.43. The molecule has 5 heteroatoms. The van der Waals surface area contributed by atoms with Crippen molar-refractivity contribution in [2.45, 2.75) is 6.17 Å². The summed E-state index contributed by atoms with van der Waals surface area (Å²) >= 11 is 0. The number of anilines is 2. The fourth-order valence-electron chi connectivity index (χ4n) is 2.77. The van der Waals surface area contributed by atoms with Crippen molar-refractivity contribution < 1.29 is 4.79 Å².